The first-order chi connectivity index (χ1) is 9.40. The lowest BCUT2D eigenvalue weighted by Crippen LogP contribution is -2.17. The summed E-state index contributed by atoms with van der Waals surface area (Å²) in [5.74, 6) is 2.10. The van der Waals surface area contributed by atoms with E-state index >= 15 is 0 Å². The van der Waals surface area contributed by atoms with E-state index in [0.717, 1.165) is 22.8 Å². The van der Waals surface area contributed by atoms with Crippen LogP contribution in [0.25, 0.3) is 11.3 Å². The molecule has 0 aliphatic carbocycles. The molecule has 0 fully saturated rings. The van der Waals surface area contributed by atoms with E-state index in [1.54, 1.807) is 6.07 Å². The lowest BCUT2D eigenvalue weighted by Gasteiger charge is -2.17. The smallest absolute Gasteiger partial charge is 0.136 e. The van der Waals surface area contributed by atoms with Gasteiger partial charge in [0.25, 0.3) is 0 Å². The zero-order valence-electron chi connectivity index (χ0n) is 12.5. The maximum Gasteiger partial charge on any atom is 0.136 e. The molecule has 1 aromatic carbocycles. The molecule has 20 heavy (non-hydrogen) atoms. The number of ether oxygens (including phenoxy) is 1. The second-order valence-corrected chi connectivity index (χ2v) is 5.71. The second kappa shape index (κ2) is 5.49. The summed E-state index contributed by atoms with van der Waals surface area (Å²) in [5, 5.41) is 0. The summed E-state index contributed by atoms with van der Waals surface area (Å²) in [4.78, 5) is 8.94. The van der Waals surface area contributed by atoms with Gasteiger partial charge >= 0.3 is 0 Å². The Morgan fingerprint density at radius 3 is 2.30 bits per heavy atom. The number of benzene rings is 1. The van der Waals surface area contributed by atoms with E-state index in [2.05, 4.69) is 30.7 Å². The first kappa shape index (κ1) is 14.3. The predicted molar refractivity (Wildman–Crippen MR) is 81.7 cm³/mol. The first-order valence-corrected chi connectivity index (χ1v) is 6.78. The molecule has 4 heteroatoms. The fourth-order valence-corrected chi connectivity index (χ4v) is 1.84. The molecule has 0 atom stereocenters. The molecular formula is C16H21N3O. The maximum absolute atomic E-state index is 5.90. The van der Waals surface area contributed by atoms with Gasteiger partial charge in [0, 0.05) is 17.0 Å². The maximum atomic E-state index is 5.90. The Kier molecular flexibility index (Phi) is 3.93. The number of hydrogen-bond donors (Lipinski definition) is 1. The summed E-state index contributed by atoms with van der Waals surface area (Å²) in [7, 11) is 0. The standard InChI is InChI=1S/C16H21N3O/c1-5-20-12-8-6-11(7-9-12)13-10-14(17)19-15(18-13)16(2,3)4/h6-10H,5H2,1-4H3,(H2,17,18,19). The molecule has 2 N–H and O–H groups in total. The zero-order valence-corrected chi connectivity index (χ0v) is 12.5. The molecule has 0 radical (unpaired) electrons. The van der Waals surface area contributed by atoms with Crippen molar-refractivity contribution in [3.63, 3.8) is 0 Å². The molecule has 106 valence electrons. The summed E-state index contributed by atoms with van der Waals surface area (Å²) >= 11 is 0. The van der Waals surface area contributed by atoms with E-state index in [1.807, 2.05) is 31.2 Å². The molecule has 0 spiro atoms. The molecule has 0 bridgehead atoms. The minimum atomic E-state index is -0.130. The molecule has 0 aliphatic heterocycles. The number of aromatic nitrogens is 2. The van der Waals surface area contributed by atoms with Crippen LogP contribution in [0.2, 0.25) is 0 Å². The van der Waals surface area contributed by atoms with Gasteiger partial charge in [-0.1, -0.05) is 20.8 Å². The van der Waals surface area contributed by atoms with Crippen molar-refractivity contribution in [2.75, 3.05) is 12.3 Å². The normalized spacial score (nSPS) is 11.4. The summed E-state index contributed by atoms with van der Waals surface area (Å²) in [6.07, 6.45) is 0. The number of rotatable bonds is 3. The van der Waals surface area contributed by atoms with Crippen LogP contribution in [0.5, 0.6) is 5.75 Å². The highest BCUT2D eigenvalue weighted by atomic mass is 16.5. The average molecular weight is 271 g/mol. The van der Waals surface area contributed by atoms with Crippen molar-refractivity contribution in [2.45, 2.75) is 33.1 Å². The number of anilines is 1. The van der Waals surface area contributed by atoms with Gasteiger partial charge in [0.1, 0.15) is 17.4 Å². The molecule has 0 aliphatic rings. The molecular weight excluding hydrogens is 250 g/mol. The van der Waals surface area contributed by atoms with Crippen molar-refractivity contribution >= 4 is 5.82 Å². The Bertz CT molecular complexity index is 586. The van der Waals surface area contributed by atoms with E-state index in [4.69, 9.17) is 10.5 Å². The van der Waals surface area contributed by atoms with Crippen molar-refractivity contribution in [3.05, 3.63) is 36.2 Å². The summed E-state index contributed by atoms with van der Waals surface area (Å²) < 4.78 is 5.44. The van der Waals surface area contributed by atoms with Gasteiger partial charge in [0.05, 0.1) is 12.3 Å². The van der Waals surface area contributed by atoms with Crippen LogP contribution < -0.4 is 10.5 Å². The van der Waals surface area contributed by atoms with E-state index in [-0.39, 0.29) is 5.41 Å². The van der Waals surface area contributed by atoms with E-state index in [1.165, 1.54) is 0 Å². The fraction of sp³-hybridized carbons (Fsp3) is 0.375. The Morgan fingerprint density at radius 2 is 1.75 bits per heavy atom. The minimum absolute atomic E-state index is 0.130. The highest BCUT2D eigenvalue weighted by Crippen LogP contribution is 2.25. The molecule has 0 amide bonds. The van der Waals surface area contributed by atoms with Gasteiger partial charge in [-0.25, -0.2) is 9.97 Å². The highest BCUT2D eigenvalue weighted by Gasteiger charge is 2.19. The third-order valence-corrected chi connectivity index (χ3v) is 2.88. The van der Waals surface area contributed by atoms with Crippen LogP contribution in [0, 0.1) is 0 Å². The fourth-order valence-electron chi connectivity index (χ4n) is 1.84. The molecule has 0 unspecified atom stereocenters. The van der Waals surface area contributed by atoms with Crippen molar-refractivity contribution in [1.82, 2.24) is 9.97 Å². The Morgan fingerprint density at radius 1 is 1.10 bits per heavy atom. The van der Waals surface area contributed by atoms with Gasteiger partial charge in [-0.2, -0.15) is 0 Å². The van der Waals surface area contributed by atoms with Crippen molar-refractivity contribution in [2.24, 2.45) is 0 Å². The second-order valence-electron chi connectivity index (χ2n) is 5.71. The molecule has 0 saturated carbocycles. The molecule has 4 nitrogen and oxygen atoms in total. The topological polar surface area (TPSA) is 61.0 Å². The Labute approximate surface area is 120 Å². The third-order valence-electron chi connectivity index (χ3n) is 2.88. The van der Waals surface area contributed by atoms with Gasteiger partial charge < -0.3 is 10.5 Å². The molecule has 1 aromatic heterocycles. The van der Waals surface area contributed by atoms with Crippen LogP contribution in [0.1, 0.15) is 33.5 Å². The van der Waals surface area contributed by atoms with Gasteiger partial charge in [-0.05, 0) is 31.2 Å². The number of hydrogen-bond acceptors (Lipinski definition) is 4. The van der Waals surface area contributed by atoms with Crippen molar-refractivity contribution in [3.8, 4) is 17.0 Å². The summed E-state index contributed by atoms with van der Waals surface area (Å²) in [6, 6.07) is 9.64. The third kappa shape index (κ3) is 3.26. The largest absolute Gasteiger partial charge is 0.494 e. The molecule has 2 rings (SSSR count). The SMILES string of the molecule is CCOc1ccc(-c2cc(N)nc(C(C)(C)C)n2)cc1. The van der Waals surface area contributed by atoms with Gasteiger partial charge in [0.2, 0.25) is 0 Å². The molecule has 2 aromatic rings. The Balaban J connectivity index is 2.39. The predicted octanol–water partition coefficient (Wildman–Crippen LogP) is 3.42. The minimum Gasteiger partial charge on any atom is -0.494 e. The van der Waals surface area contributed by atoms with Crippen LogP contribution in [0.4, 0.5) is 5.82 Å². The van der Waals surface area contributed by atoms with Crippen molar-refractivity contribution < 1.29 is 4.74 Å². The lowest BCUT2D eigenvalue weighted by molar-refractivity contribution is 0.340. The van der Waals surface area contributed by atoms with Crippen LogP contribution in [-0.4, -0.2) is 16.6 Å². The average Bonchev–Trinajstić information content (AvgIpc) is 2.38. The van der Waals surface area contributed by atoms with E-state index in [9.17, 15) is 0 Å². The summed E-state index contributed by atoms with van der Waals surface area (Å²) in [6.45, 7) is 8.85. The number of nitrogen functional groups attached to an aromatic ring is 1. The van der Waals surface area contributed by atoms with Gasteiger partial charge in [0.15, 0.2) is 0 Å². The van der Waals surface area contributed by atoms with Crippen LogP contribution in [-0.2, 0) is 5.41 Å². The first-order valence-electron chi connectivity index (χ1n) is 6.78. The van der Waals surface area contributed by atoms with Crippen LogP contribution in [0.15, 0.2) is 30.3 Å². The zero-order chi connectivity index (χ0) is 14.8. The number of nitrogens with two attached hydrogens (primary N) is 1. The van der Waals surface area contributed by atoms with E-state index < -0.39 is 0 Å². The molecule has 0 saturated heterocycles. The van der Waals surface area contributed by atoms with Gasteiger partial charge in [-0.15, -0.1) is 0 Å². The van der Waals surface area contributed by atoms with Crippen LogP contribution in [0.3, 0.4) is 0 Å². The lowest BCUT2D eigenvalue weighted by atomic mass is 9.95. The summed E-state index contributed by atoms with van der Waals surface area (Å²) in [5.41, 5.74) is 7.61. The van der Waals surface area contributed by atoms with E-state index in [0.29, 0.717) is 12.4 Å². The Hall–Kier alpha value is -2.10. The number of nitrogens with zero attached hydrogens (tertiary/aromatic N) is 2. The van der Waals surface area contributed by atoms with Gasteiger partial charge in [-0.3, -0.25) is 0 Å². The molecule has 1 heterocycles. The quantitative estimate of drug-likeness (QED) is 0.929. The highest BCUT2D eigenvalue weighted by molar-refractivity contribution is 5.62. The monoisotopic (exact) mass is 271 g/mol. The van der Waals surface area contributed by atoms with Crippen LogP contribution >= 0.6 is 0 Å². The van der Waals surface area contributed by atoms with Crippen molar-refractivity contribution in [1.29, 1.82) is 0 Å².